The molecule has 0 unspecified atom stereocenters. The molecule has 0 aliphatic carbocycles. The molecule has 0 amide bonds. The van der Waals surface area contributed by atoms with E-state index in [1.165, 1.54) is 5.52 Å². The van der Waals surface area contributed by atoms with E-state index in [9.17, 15) is 0 Å². The number of aromatic amines is 1. The number of imidazole rings is 1. The number of nitrogens with one attached hydrogen (secondary N) is 1. The van der Waals surface area contributed by atoms with Crippen LogP contribution < -0.4 is 0 Å². The van der Waals surface area contributed by atoms with E-state index < -0.39 is 0 Å². The molecule has 4 aromatic rings. The number of rotatable bonds is 6. The Morgan fingerprint density at radius 2 is 2.08 bits per heavy atom. The number of H-pyrrole nitrogens is 1. The number of nitrogens with zero attached hydrogens (tertiary/aromatic N) is 4. The fourth-order valence-corrected chi connectivity index (χ4v) is 2.81. The van der Waals surface area contributed by atoms with Crippen LogP contribution in [0.3, 0.4) is 0 Å². The molecular weight excluding hydrogens is 302 g/mol. The van der Waals surface area contributed by atoms with Crippen molar-refractivity contribution in [1.29, 1.82) is 0 Å². The van der Waals surface area contributed by atoms with Crippen LogP contribution in [0.5, 0.6) is 0 Å². The minimum Gasteiger partial charge on any atom is -0.458 e. The Hall–Kier alpha value is -2.86. The maximum atomic E-state index is 5.87. The molecule has 0 aliphatic rings. The van der Waals surface area contributed by atoms with Crippen molar-refractivity contribution >= 4 is 11.0 Å². The quantitative estimate of drug-likeness (QED) is 0.592. The molecule has 6 nitrogen and oxygen atoms in total. The molecule has 0 radical (unpaired) electrons. The van der Waals surface area contributed by atoms with Crippen molar-refractivity contribution in [2.45, 2.75) is 13.1 Å². The maximum Gasteiger partial charge on any atom is 0.152 e. The molecule has 0 spiro atoms. The summed E-state index contributed by atoms with van der Waals surface area (Å²) in [6.07, 6.45) is 3.63. The molecule has 3 aromatic heterocycles. The average molecular weight is 321 g/mol. The number of furan rings is 1. The lowest BCUT2D eigenvalue weighted by atomic mass is 10.3. The Morgan fingerprint density at radius 1 is 1.17 bits per heavy atom. The molecule has 1 aromatic carbocycles. The van der Waals surface area contributed by atoms with Crippen molar-refractivity contribution in [2.75, 3.05) is 13.6 Å². The van der Waals surface area contributed by atoms with E-state index in [0.717, 1.165) is 42.4 Å². The van der Waals surface area contributed by atoms with Gasteiger partial charge in [-0.2, -0.15) is 5.10 Å². The van der Waals surface area contributed by atoms with Crippen LogP contribution in [0.2, 0.25) is 0 Å². The van der Waals surface area contributed by atoms with Crippen LogP contribution in [0.4, 0.5) is 0 Å². The van der Waals surface area contributed by atoms with Gasteiger partial charge in [-0.3, -0.25) is 10.00 Å². The van der Waals surface area contributed by atoms with Crippen LogP contribution in [0.15, 0.2) is 59.4 Å². The zero-order valence-corrected chi connectivity index (χ0v) is 13.5. The molecule has 6 heteroatoms. The van der Waals surface area contributed by atoms with Gasteiger partial charge < -0.3 is 8.98 Å². The van der Waals surface area contributed by atoms with Gasteiger partial charge in [0.1, 0.15) is 11.5 Å². The highest BCUT2D eigenvalue weighted by Gasteiger charge is 2.09. The van der Waals surface area contributed by atoms with Gasteiger partial charge >= 0.3 is 0 Å². The Labute approximate surface area is 139 Å². The maximum absolute atomic E-state index is 5.87. The number of benzene rings is 1. The third-order valence-electron chi connectivity index (χ3n) is 4.10. The molecule has 24 heavy (non-hydrogen) atoms. The third-order valence-corrected chi connectivity index (χ3v) is 4.10. The lowest BCUT2D eigenvalue weighted by Crippen LogP contribution is -2.22. The van der Waals surface area contributed by atoms with E-state index in [-0.39, 0.29) is 0 Å². The second-order valence-corrected chi connectivity index (χ2v) is 5.90. The largest absolute Gasteiger partial charge is 0.458 e. The first-order valence-corrected chi connectivity index (χ1v) is 7.96. The normalized spacial score (nSPS) is 11.6. The van der Waals surface area contributed by atoms with Crippen molar-refractivity contribution in [3.8, 4) is 11.5 Å². The van der Waals surface area contributed by atoms with E-state index in [2.05, 4.69) is 37.8 Å². The van der Waals surface area contributed by atoms with Crippen molar-refractivity contribution < 1.29 is 4.42 Å². The van der Waals surface area contributed by atoms with Crippen LogP contribution in [0.1, 0.15) is 5.76 Å². The molecule has 0 atom stereocenters. The van der Waals surface area contributed by atoms with Crippen LogP contribution in [-0.4, -0.2) is 38.2 Å². The highest BCUT2D eigenvalue weighted by atomic mass is 16.3. The predicted octanol–water partition coefficient (Wildman–Crippen LogP) is 3.15. The topological polar surface area (TPSA) is 62.9 Å². The van der Waals surface area contributed by atoms with E-state index >= 15 is 0 Å². The van der Waals surface area contributed by atoms with E-state index in [0.29, 0.717) is 0 Å². The lowest BCUT2D eigenvalue weighted by molar-refractivity contribution is 0.286. The lowest BCUT2D eigenvalue weighted by Gasteiger charge is -2.15. The minimum atomic E-state index is 0.765. The Morgan fingerprint density at radius 3 is 2.96 bits per heavy atom. The summed E-state index contributed by atoms with van der Waals surface area (Å²) in [6, 6.07) is 14.1. The van der Waals surface area contributed by atoms with Gasteiger partial charge in [0.05, 0.1) is 23.9 Å². The fraction of sp³-hybridized carbons (Fsp3) is 0.222. The highest BCUT2D eigenvalue weighted by Crippen LogP contribution is 2.20. The molecule has 0 fully saturated rings. The molecule has 0 aliphatic heterocycles. The van der Waals surface area contributed by atoms with Gasteiger partial charge in [0.25, 0.3) is 0 Å². The third kappa shape index (κ3) is 2.96. The summed E-state index contributed by atoms with van der Waals surface area (Å²) in [7, 11) is 2.09. The Bertz CT molecular complexity index is 922. The number of likely N-dealkylation sites (N-methyl/N-ethyl adjacent to an activating group) is 1. The van der Waals surface area contributed by atoms with Gasteiger partial charge in [-0.1, -0.05) is 12.1 Å². The fourth-order valence-electron chi connectivity index (χ4n) is 2.81. The summed E-state index contributed by atoms with van der Waals surface area (Å²) >= 11 is 0. The first-order valence-electron chi connectivity index (χ1n) is 7.96. The minimum absolute atomic E-state index is 0.765. The molecule has 122 valence electrons. The van der Waals surface area contributed by atoms with Crippen molar-refractivity contribution in [1.82, 2.24) is 24.6 Å². The van der Waals surface area contributed by atoms with Gasteiger partial charge in [0, 0.05) is 19.3 Å². The zero-order chi connectivity index (χ0) is 16.4. The summed E-state index contributed by atoms with van der Waals surface area (Å²) in [4.78, 5) is 6.67. The molecule has 0 saturated heterocycles. The molecule has 0 bridgehead atoms. The van der Waals surface area contributed by atoms with Crippen LogP contribution in [-0.2, 0) is 13.1 Å². The van der Waals surface area contributed by atoms with E-state index in [1.807, 2.05) is 42.7 Å². The smallest absolute Gasteiger partial charge is 0.152 e. The summed E-state index contributed by atoms with van der Waals surface area (Å²) in [6.45, 7) is 2.58. The van der Waals surface area contributed by atoms with Crippen molar-refractivity contribution in [3.05, 3.63) is 60.7 Å². The van der Waals surface area contributed by atoms with Crippen LogP contribution in [0, 0.1) is 0 Å². The first-order chi connectivity index (χ1) is 11.8. The molecule has 0 saturated carbocycles. The van der Waals surface area contributed by atoms with Gasteiger partial charge in [0.15, 0.2) is 5.76 Å². The number of aromatic nitrogens is 4. The second kappa shape index (κ2) is 6.33. The van der Waals surface area contributed by atoms with E-state index in [4.69, 9.17) is 4.42 Å². The van der Waals surface area contributed by atoms with Crippen molar-refractivity contribution in [2.24, 2.45) is 0 Å². The van der Waals surface area contributed by atoms with Gasteiger partial charge in [-0.15, -0.1) is 0 Å². The molecular formula is C18H19N5O. The summed E-state index contributed by atoms with van der Waals surface area (Å²) < 4.78 is 8.06. The monoisotopic (exact) mass is 321 g/mol. The zero-order valence-electron chi connectivity index (χ0n) is 13.5. The molecule has 3 heterocycles. The summed E-state index contributed by atoms with van der Waals surface area (Å²) in [5, 5.41) is 6.86. The van der Waals surface area contributed by atoms with Gasteiger partial charge in [0.2, 0.25) is 0 Å². The van der Waals surface area contributed by atoms with Crippen LogP contribution in [0.25, 0.3) is 22.5 Å². The molecule has 1 N–H and O–H groups in total. The average Bonchev–Trinajstić information content (AvgIpc) is 3.33. The summed E-state index contributed by atoms with van der Waals surface area (Å²) in [5.74, 6) is 1.76. The second-order valence-electron chi connectivity index (χ2n) is 5.90. The standard InChI is InChI=1S/C18H19N5O/c1-22(10-11-23-13-19-15-4-2-3-5-17(15)23)12-14-6-7-18(24-14)16-8-9-20-21-16/h2-9,13H,10-12H2,1H3,(H,20,21). The predicted molar refractivity (Wildman–Crippen MR) is 92.4 cm³/mol. The number of hydrogen-bond acceptors (Lipinski definition) is 4. The SMILES string of the molecule is CN(CCn1cnc2ccccc21)Cc1ccc(-c2ccn[nH]2)o1. The Kier molecular flexibility index (Phi) is 3.88. The first kappa shape index (κ1) is 14.7. The Balaban J connectivity index is 1.37. The number of fused-ring (bicyclic) bond motifs is 1. The van der Waals surface area contributed by atoms with Crippen molar-refractivity contribution in [3.63, 3.8) is 0 Å². The number of hydrogen-bond donors (Lipinski definition) is 1. The van der Waals surface area contributed by atoms with E-state index in [1.54, 1.807) is 6.20 Å². The molecule has 4 rings (SSSR count). The van der Waals surface area contributed by atoms with Gasteiger partial charge in [-0.25, -0.2) is 4.98 Å². The highest BCUT2D eigenvalue weighted by molar-refractivity contribution is 5.74. The van der Waals surface area contributed by atoms with Crippen LogP contribution >= 0.6 is 0 Å². The van der Waals surface area contributed by atoms with Gasteiger partial charge in [-0.05, 0) is 37.4 Å². The number of para-hydroxylation sites is 2. The summed E-state index contributed by atoms with van der Waals surface area (Å²) in [5.41, 5.74) is 3.11.